The van der Waals surface area contributed by atoms with Crippen molar-refractivity contribution in [1.29, 1.82) is 5.26 Å². The summed E-state index contributed by atoms with van der Waals surface area (Å²) in [5.74, 6) is 0.0410. The fraction of sp³-hybridized carbons (Fsp3) is 0.0769. The van der Waals surface area contributed by atoms with Gasteiger partial charge in [-0.3, -0.25) is 4.79 Å². The molecule has 2 aromatic carbocycles. The summed E-state index contributed by atoms with van der Waals surface area (Å²) < 4.78 is 0. The van der Waals surface area contributed by atoms with Crippen LogP contribution in [0.5, 0.6) is 0 Å². The van der Waals surface area contributed by atoms with E-state index in [1.165, 1.54) is 6.92 Å². The largest absolute Gasteiger partial charge is 0.295 e. The van der Waals surface area contributed by atoms with Crippen LogP contribution in [0.1, 0.15) is 22.8 Å². The minimum atomic E-state index is 0.0410. The first-order valence-electron chi connectivity index (χ1n) is 4.65. The van der Waals surface area contributed by atoms with Gasteiger partial charge in [-0.1, -0.05) is 18.2 Å². The number of carbonyl (C=O) groups excluding carboxylic acids is 1. The normalized spacial score (nSPS) is 9.87. The molecule has 0 aromatic heterocycles. The van der Waals surface area contributed by atoms with Crippen molar-refractivity contribution < 1.29 is 4.79 Å². The number of ketones is 1. The van der Waals surface area contributed by atoms with E-state index < -0.39 is 0 Å². The molecule has 0 aliphatic rings. The van der Waals surface area contributed by atoms with E-state index in [4.69, 9.17) is 5.26 Å². The molecule has 72 valence electrons. The predicted molar refractivity (Wildman–Crippen MR) is 58.7 cm³/mol. The van der Waals surface area contributed by atoms with Crippen molar-refractivity contribution in [2.45, 2.75) is 6.92 Å². The summed E-state index contributed by atoms with van der Waals surface area (Å²) in [6, 6.07) is 13.1. The van der Waals surface area contributed by atoms with E-state index in [0.29, 0.717) is 11.1 Å². The zero-order valence-electron chi connectivity index (χ0n) is 8.32. The van der Waals surface area contributed by atoms with Crippen molar-refractivity contribution in [3.8, 4) is 6.07 Å². The van der Waals surface area contributed by atoms with Gasteiger partial charge in [0.2, 0.25) is 0 Å². The molecule has 0 aliphatic carbocycles. The van der Waals surface area contributed by atoms with Crippen LogP contribution in [0.2, 0.25) is 0 Å². The SMILES string of the molecule is CC(=O)c1ccc2ccc(C#N)cc2c1. The number of fused-ring (bicyclic) bond motifs is 1. The second kappa shape index (κ2) is 3.55. The smallest absolute Gasteiger partial charge is 0.159 e. The molecular formula is C13H9NO. The number of nitrogens with zero attached hydrogens (tertiary/aromatic N) is 1. The Bertz CT molecular complexity index is 579. The Kier molecular flexibility index (Phi) is 2.23. The first-order valence-corrected chi connectivity index (χ1v) is 4.65. The van der Waals surface area contributed by atoms with E-state index in [1.54, 1.807) is 18.2 Å². The Labute approximate surface area is 87.8 Å². The Morgan fingerprint density at radius 3 is 2.53 bits per heavy atom. The molecule has 0 saturated carbocycles. The van der Waals surface area contributed by atoms with Crippen LogP contribution in [0.3, 0.4) is 0 Å². The zero-order chi connectivity index (χ0) is 10.8. The van der Waals surface area contributed by atoms with Gasteiger partial charge in [-0.05, 0) is 35.9 Å². The number of hydrogen-bond donors (Lipinski definition) is 0. The lowest BCUT2D eigenvalue weighted by Gasteiger charge is -2.00. The van der Waals surface area contributed by atoms with E-state index in [9.17, 15) is 4.79 Å². The molecule has 0 saturated heterocycles. The fourth-order valence-electron chi connectivity index (χ4n) is 1.54. The monoisotopic (exact) mass is 195 g/mol. The summed E-state index contributed by atoms with van der Waals surface area (Å²) in [5.41, 5.74) is 1.29. The quantitative estimate of drug-likeness (QED) is 0.656. The maximum absolute atomic E-state index is 11.2. The van der Waals surface area contributed by atoms with Gasteiger partial charge in [-0.15, -0.1) is 0 Å². The maximum Gasteiger partial charge on any atom is 0.159 e. The van der Waals surface area contributed by atoms with Crippen molar-refractivity contribution in [1.82, 2.24) is 0 Å². The summed E-state index contributed by atoms with van der Waals surface area (Å²) >= 11 is 0. The molecule has 0 atom stereocenters. The summed E-state index contributed by atoms with van der Waals surface area (Å²) in [7, 11) is 0. The average Bonchev–Trinajstić information content (AvgIpc) is 2.27. The van der Waals surface area contributed by atoms with E-state index in [0.717, 1.165) is 10.8 Å². The molecule has 0 fully saturated rings. The van der Waals surface area contributed by atoms with Crippen LogP contribution < -0.4 is 0 Å². The number of benzene rings is 2. The number of nitriles is 1. The summed E-state index contributed by atoms with van der Waals surface area (Å²) in [6.07, 6.45) is 0. The van der Waals surface area contributed by atoms with Crippen LogP contribution in [-0.2, 0) is 0 Å². The second-order valence-corrected chi connectivity index (χ2v) is 3.44. The van der Waals surface area contributed by atoms with E-state index in [2.05, 4.69) is 6.07 Å². The molecule has 0 amide bonds. The zero-order valence-corrected chi connectivity index (χ0v) is 8.32. The number of hydrogen-bond acceptors (Lipinski definition) is 2. The molecule has 0 heterocycles. The maximum atomic E-state index is 11.2. The lowest BCUT2D eigenvalue weighted by molar-refractivity contribution is 0.101. The van der Waals surface area contributed by atoms with Crippen molar-refractivity contribution in [3.05, 3.63) is 47.5 Å². The molecule has 0 spiro atoms. The molecule has 2 nitrogen and oxygen atoms in total. The van der Waals surface area contributed by atoms with Crippen molar-refractivity contribution in [2.24, 2.45) is 0 Å². The van der Waals surface area contributed by atoms with Crippen molar-refractivity contribution in [3.63, 3.8) is 0 Å². The third-order valence-corrected chi connectivity index (χ3v) is 2.38. The number of carbonyl (C=O) groups is 1. The highest BCUT2D eigenvalue weighted by Gasteiger charge is 2.01. The van der Waals surface area contributed by atoms with Gasteiger partial charge in [0.25, 0.3) is 0 Å². The second-order valence-electron chi connectivity index (χ2n) is 3.44. The molecule has 0 bridgehead atoms. The van der Waals surface area contributed by atoms with Crippen LogP contribution in [-0.4, -0.2) is 5.78 Å². The van der Waals surface area contributed by atoms with E-state index >= 15 is 0 Å². The number of Topliss-reactive ketones (excluding diaryl/α,β-unsaturated/α-hetero) is 1. The minimum absolute atomic E-state index is 0.0410. The Morgan fingerprint density at radius 2 is 1.87 bits per heavy atom. The van der Waals surface area contributed by atoms with Gasteiger partial charge in [0.15, 0.2) is 5.78 Å². The highest BCUT2D eigenvalue weighted by atomic mass is 16.1. The van der Waals surface area contributed by atoms with Crippen LogP contribution in [0.4, 0.5) is 0 Å². The van der Waals surface area contributed by atoms with Gasteiger partial charge < -0.3 is 0 Å². The third-order valence-electron chi connectivity index (χ3n) is 2.38. The summed E-state index contributed by atoms with van der Waals surface area (Å²) in [6.45, 7) is 1.54. The first kappa shape index (κ1) is 9.42. The molecule has 0 N–H and O–H groups in total. The predicted octanol–water partition coefficient (Wildman–Crippen LogP) is 2.91. The van der Waals surface area contributed by atoms with Crippen LogP contribution in [0, 0.1) is 11.3 Å². The van der Waals surface area contributed by atoms with Gasteiger partial charge in [-0.25, -0.2) is 0 Å². The van der Waals surface area contributed by atoms with Crippen molar-refractivity contribution >= 4 is 16.6 Å². The van der Waals surface area contributed by atoms with Gasteiger partial charge >= 0.3 is 0 Å². The van der Waals surface area contributed by atoms with Gasteiger partial charge in [0, 0.05) is 5.56 Å². The first-order chi connectivity index (χ1) is 7.20. The Hall–Kier alpha value is -2.14. The molecular weight excluding hydrogens is 186 g/mol. The van der Waals surface area contributed by atoms with Gasteiger partial charge in [0.1, 0.15) is 0 Å². The Balaban J connectivity index is 2.69. The third kappa shape index (κ3) is 1.72. The fourth-order valence-corrected chi connectivity index (χ4v) is 1.54. The molecule has 0 aliphatic heterocycles. The summed E-state index contributed by atoms with van der Waals surface area (Å²) in [4.78, 5) is 11.2. The minimum Gasteiger partial charge on any atom is -0.295 e. The van der Waals surface area contributed by atoms with E-state index in [1.807, 2.05) is 18.2 Å². The molecule has 0 radical (unpaired) electrons. The average molecular weight is 195 g/mol. The molecule has 0 unspecified atom stereocenters. The van der Waals surface area contributed by atoms with Crippen LogP contribution in [0.25, 0.3) is 10.8 Å². The topological polar surface area (TPSA) is 40.9 Å². The standard InChI is InChI=1S/C13H9NO/c1-9(15)12-5-4-11-3-2-10(8-14)6-13(11)7-12/h2-7H,1H3. The molecule has 2 aromatic rings. The summed E-state index contributed by atoms with van der Waals surface area (Å²) in [5, 5.41) is 10.7. The Morgan fingerprint density at radius 1 is 1.13 bits per heavy atom. The van der Waals surface area contributed by atoms with Gasteiger partial charge in [0.05, 0.1) is 11.6 Å². The van der Waals surface area contributed by atoms with Crippen LogP contribution in [0.15, 0.2) is 36.4 Å². The molecule has 2 heteroatoms. The lowest BCUT2D eigenvalue weighted by atomic mass is 10.0. The molecule has 15 heavy (non-hydrogen) atoms. The van der Waals surface area contributed by atoms with Gasteiger partial charge in [-0.2, -0.15) is 5.26 Å². The van der Waals surface area contributed by atoms with Crippen molar-refractivity contribution in [2.75, 3.05) is 0 Å². The lowest BCUT2D eigenvalue weighted by Crippen LogP contribution is -1.91. The van der Waals surface area contributed by atoms with E-state index in [-0.39, 0.29) is 5.78 Å². The highest BCUT2D eigenvalue weighted by Crippen LogP contribution is 2.17. The van der Waals surface area contributed by atoms with Crippen LogP contribution >= 0.6 is 0 Å². The molecule has 2 rings (SSSR count). The number of rotatable bonds is 1. The highest BCUT2D eigenvalue weighted by molar-refractivity contribution is 5.98.